The number of carbonyl (C=O) groups is 1. The summed E-state index contributed by atoms with van der Waals surface area (Å²) in [6.45, 7) is 0. The maximum Gasteiger partial charge on any atom is 0.339 e. The molecule has 2 rings (SSSR count). The topological polar surface area (TPSA) is 55.1 Å². The van der Waals surface area contributed by atoms with Crippen LogP contribution in [-0.4, -0.2) is 20.9 Å². The number of carboxylic acid groups (broad SMARTS) is 1. The van der Waals surface area contributed by atoms with Crippen LogP contribution in [-0.2, 0) is 0 Å². The number of benzene rings is 1. The van der Waals surface area contributed by atoms with Gasteiger partial charge in [0.05, 0.1) is 21.9 Å². The minimum absolute atomic E-state index is 0.00364. The Morgan fingerprint density at radius 3 is 2.69 bits per heavy atom. The predicted octanol–water partition coefficient (Wildman–Crippen LogP) is 2.88. The average molecular weight is 257 g/mol. The third-order valence-electron chi connectivity index (χ3n) is 2.00. The van der Waals surface area contributed by atoms with Gasteiger partial charge in [-0.2, -0.15) is 5.10 Å². The van der Waals surface area contributed by atoms with Gasteiger partial charge in [-0.15, -0.1) is 0 Å². The van der Waals surface area contributed by atoms with Crippen molar-refractivity contribution in [3.8, 4) is 5.69 Å². The molecule has 4 nitrogen and oxygen atoms in total. The molecule has 0 saturated carbocycles. The third kappa shape index (κ3) is 1.89. The molecule has 1 aromatic carbocycles. The van der Waals surface area contributed by atoms with Crippen LogP contribution < -0.4 is 0 Å². The van der Waals surface area contributed by atoms with Gasteiger partial charge in [-0.25, -0.2) is 9.48 Å². The van der Waals surface area contributed by atoms with E-state index in [0.717, 1.165) is 0 Å². The molecular weight excluding hydrogens is 251 g/mol. The second-order valence-electron chi connectivity index (χ2n) is 3.04. The number of rotatable bonds is 2. The van der Waals surface area contributed by atoms with Crippen LogP contribution in [0.4, 0.5) is 0 Å². The number of nitrogens with zero attached hydrogens (tertiary/aromatic N) is 2. The molecule has 0 aliphatic rings. The SMILES string of the molecule is O=C(O)c1c(Cl)cccc1-n1cc(Cl)cn1. The Balaban J connectivity index is 2.65. The predicted molar refractivity (Wildman–Crippen MR) is 60.5 cm³/mol. The molecule has 16 heavy (non-hydrogen) atoms. The van der Waals surface area contributed by atoms with Gasteiger partial charge in [-0.05, 0) is 12.1 Å². The van der Waals surface area contributed by atoms with Crippen molar-refractivity contribution in [3.63, 3.8) is 0 Å². The van der Waals surface area contributed by atoms with Crippen molar-refractivity contribution in [2.45, 2.75) is 0 Å². The Kier molecular flexibility index (Phi) is 2.85. The van der Waals surface area contributed by atoms with Crippen LogP contribution >= 0.6 is 23.2 Å². The van der Waals surface area contributed by atoms with Crippen molar-refractivity contribution in [2.24, 2.45) is 0 Å². The molecule has 1 aromatic heterocycles. The largest absolute Gasteiger partial charge is 0.478 e. The fourth-order valence-corrected chi connectivity index (χ4v) is 1.73. The van der Waals surface area contributed by atoms with Gasteiger partial charge < -0.3 is 5.11 Å². The molecule has 6 heteroatoms. The summed E-state index contributed by atoms with van der Waals surface area (Å²) in [6, 6.07) is 4.78. The van der Waals surface area contributed by atoms with Crippen molar-refractivity contribution in [2.75, 3.05) is 0 Å². The minimum atomic E-state index is -1.10. The summed E-state index contributed by atoms with van der Waals surface area (Å²) < 4.78 is 1.37. The smallest absolute Gasteiger partial charge is 0.339 e. The molecule has 0 aliphatic heterocycles. The Morgan fingerprint density at radius 1 is 1.38 bits per heavy atom. The molecule has 1 heterocycles. The van der Waals surface area contributed by atoms with Gasteiger partial charge >= 0.3 is 5.97 Å². The lowest BCUT2D eigenvalue weighted by Crippen LogP contribution is -2.06. The zero-order valence-corrected chi connectivity index (χ0v) is 9.40. The molecule has 82 valence electrons. The van der Waals surface area contributed by atoms with E-state index in [1.807, 2.05) is 0 Å². The lowest BCUT2D eigenvalue weighted by Gasteiger charge is -2.06. The van der Waals surface area contributed by atoms with E-state index >= 15 is 0 Å². The summed E-state index contributed by atoms with van der Waals surface area (Å²) in [5.74, 6) is -1.10. The van der Waals surface area contributed by atoms with Crippen molar-refractivity contribution in [3.05, 3.63) is 46.2 Å². The molecule has 1 N–H and O–H groups in total. The number of carboxylic acids is 1. The Hall–Kier alpha value is -1.52. The highest BCUT2D eigenvalue weighted by atomic mass is 35.5. The van der Waals surface area contributed by atoms with E-state index < -0.39 is 5.97 Å². The van der Waals surface area contributed by atoms with Crippen LogP contribution in [0.1, 0.15) is 10.4 Å². The van der Waals surface area contributed by atoms with E-state index in [4.69, 9.17) is 28.3 Å². The van der Waals surface area contributed by atoms with E-state index in [1.54, 1.807) is 12.1 Å². The number of halogens is 2. The van der Waals surface area contributed by atoms with Crippen LogP contribution in [0.2, 0.25) is 10.0 Å². The second kappa shape index (κ2) is 4.15. The molecule has 0 spiro atoms. The summed E-state index contributed by atoms with van der Waals surface area (Å²) in [4.78, 5) is 11.1. The zero-order chi connectivity index (χ0) is 11.7. The zero-order valence-electron chi connectivity index (χ0n) is 7.89. The molecule has 2 aromatic rings. The highest BCUT2D eigenvalue weighted by molar-refractivity contribution is 6.34. The summed E-state index contributed by atoms with van der Waals surface area (Å²) in [6.07, 6.45) is 2.94. The van der Waals surface area contributed by atoms with Gasteiger partial charge in [0.2, 0.25) is 0 Å². The molecule has 0 radical (unpaired) electrons. The first-order chi connectivity index (χ1) is 7.59. The normalized spacial score (nSPS) is 10.4. The minimum Gasteiger partial charge on any atom is -0.478 e. The van der Waals surface area contributed by atoms with Crippen LogP contribution in [0.15, 0.2) is 30.6 Å². The van der Waals surface area contributed by atoms with Crippen LogP contribution in [0, 0.1) is 0 Å². The van der Waals surface area contributed by atoms with Crippen molar-refractivity contribution < 1.29 is 9.90 Å². The van der Waals surface area contributed by atoms with Crippen molar-refractivity contribution >= 4 is 29.2 Å². The molecule has 0 fully saturated rings. The molecular formula is C10H6Cl2N2O2. The second-order valence-corrected chi connectivity index (χ2v) is 3.89. The van der Waals surface area contributed by atoms with E-state index in [2.05, 4.69) is 5.10 Å². The fraction of sp³-hybridized carbons (Fsp3) is 0. The van der Waals surface area contributed by atoms with Crippen LogP contribution in [0.25, 0.3) is 5.69 Å². The standard InChI is InChI=1S/C10H6Cl2N2O2/c11-6-4-13-14(5-6)8-3-1-2-7(12)9(8)10(15)16/h1-5H,(H,15,16). The molecule has 0 unspecified atom stereocenters. The molecule has 0 bridgehead atoms. The number of hydrogen-bond donors (Lipinski definition) is 1. The first-order valence-corrected chi connectivity index (χ1v) is 5.07. The van der Waals surface area contributed by atoms with Crippen molar-refractivity contribution in [1.29, 1.82) is 0 Å². The fourth-order valence-electron chi connectivity index (χ4n) is 1.35. The number of hydrogen-bond acceptors (Lipinski definition) is 2. The molecule has 0 atom stereocenters. The number of aromatic carboxylic acids is 1. The summed E-state index contributed by atoms with van der Waals surface area (Å²) in [5, 5.41) is 13.6. The van der Waals surface area contributed by atoms with E-state index in [0.29, 0.717) is 10.7 Å². The van der Waals surface area contributed by atoms with Crippen LogP contribution in [0.3, 0.4) is 0 Å². The Labute approximate surface area is 101 Å². The highest BCUT2D eigenvalue weighted by Crippen LogP contribution is 2.23. The Morgan fingerprint density at radius 2 is 2.12 bits per heavy atom. The lowest BCUT2D eigenvalue weighted by atomic mass is 10.2. The van der Waals surface area contributed by atoms with E-state index in [9.17, 15) is 4.79 Å². The van der Waals surface area contributed by atoms with Gasteiger partial charge in [0, 0.05) is 6.20 Å². The quantitative estimate of drug-likeness (QED) is 0.899. The van der Waals surface area contributed by atoms with Gasteiger partial charge in [0.25, 0.3) is 0 Å². The van der Waals surface area contributed by atoms with Gasteiger partial charge in [0.1, 0.15) is 5.56 Å². The Bertz CT molecular complexity index is 552. The maximum absolute atomic E-state index is 11.1. The van der Waals surface area contributed by atoms with Crippen LogP contribution in [0.5, 0.6) is 0 Å². The summed E-state index contributed by atoms with van der Waals surface area (Å²) >= 11 is 11.5. The third-order valence-corrected chi connectivity index (χ3v) is 2.51. The first kappa shape index (κ1) is 11.0. The molecule has 0 amide bonds. The van der Waals surface area contributed by atoms with Gasteiger partial charge in [-0.1, -0.05) is 29.3 Å². The van der Waals surface area contributed by atoms with Gasteiger partial charge in [0.15, 0.2) is 0 Å². The average Bonchev–Trinajstić information content (AvgIpc) is 2.63. The lowest BCUT2D eigenvalue weighted by molar-refractivity contribution is 0.0697. The van der Waals surface area contributed by atoms with Gasteiger partial charge in [-0.3, -0.25) is 0 Å². The van der Waals surface area contributed by atoms with E-state index in [1.165, 1.54) is 23.1 Å². The highest BCUT2D eigenvalue weighted by Gasteiger charge is 2.16. The molecule has 0 aliphatic carbocycles. The van der Waals surface area contributed by atoms with E-state index in [-0.39, 0.29) is 10.6 Å². The van der Waals surface area contributed by atoms with Crippen molar-refractivity contribution in [1.82, 2.24) is 9.78 Å². The number of aromatic nitrogens is 2. The maximum atomic E-state index is 11.1. The molecule has 0 saturated heterocycles. The summed E-state index contributed by atoms with van der Waals surface area (Å²) in [5.41, 5.74) is 0.385. The summed E-state index contributed by atoms with van der Waals surface area (Å²) in [7, 11) is 0. The first-order valence-electron chi connectivity index (χ1n) is 4.32. The monoisotopic (exact) mass is 256 g/mol.